The molecule has 18 heavy (non-hydrogen) atoms. The molecule has 1 rings (SSSR count). The molecule has 1 saturated heterocycles. The molecule has 1 aliphatic heterocycles. The minimum atomic E-state index is -1.59. The first kappa shape index (κ1) is 14.6. The normalized spacial score (nSPS) is 35.7. The second kappa shape index (κ2) is 6.50. The molecule has 5 N–H and O–H groups in total. The number of nitrogens with zero attached hydrogens (tertiary/aromatic N) is 3. The lowest BCUT2D eigenvalue weighted by atomic mass is 9.97. The summed E-state index contributed by atoms with van der Waals surface area (Å²) < 4.78 is 4.81. The summed E-state index contributed by atoms with van der Waals surface area (Å²) in [4.78, 5) is 13.6. The molecule has 1 amide bonds. The number of carbonyl (C=O) groups excluding carboxylic acids is 1. The van der Waals surface area contributed by atoms with E-state index in [1.165, 1.54) is 0 Å². The van der Waals surface area contributed by atoms with Gasteiger partial charge in [-0.3, -0.25) is 4.79 Å². The average molecular weight is 262 g/mol. The molecule has 102 valence electrons. The number of nitrogens with one attached hydrogen (secondary N) is 1. The van der Waals surface area contributed by atoms with Crippen molar-refractivity contribution in [2.24, 2.45) is 5.11 Å². The van der Waals surface area contributed by atoms with Gasteiger partial charge in [0.15, 0.2) is 6.29 Å². The Balaban J connectivity index is 2.64. The van der Waals surface area contributed by atoms with Crippen LogP contribution in [0.3, 0.4) is 0 Å². The average Bonchev–Trinajstić information content (AvgIpc) is 2.36. The first-order valence-electron chi connectivity index (χ1n) is 5.12. The molecular weight excluding hydrogens is 248 g/mol. The minimum Gasteiger partial charge on any atom is -0.394 e. The van der Waals surface area contributed by atoms with Crippen molar-refractivity contribution in [3.05, 3.63) is 10.4 Å². The van der Waals surface area contributed by atoms with Crippen molar-refractivity contribution < 1.29 is 30.0 Å². The van der Waals surface area contributed by atoms with Gasteiger partial charge in [-0.05, 0) is 5.53 Å². The van der Waals surface area contributed by atoms with Gasteiger partial charge in [0.25, 0.3) is 0 Å². The van der Waals surface area contributed by atoms with E-state index in [1.807, 2.05) is 0 Å². The molecule has 0 aromatic heterocycles. The zero-order valence-corrected chi connectivity index (χ0v) is 9.25. The highest BCUT2D eigenvalue weighted by atomic mass is 16.6. The molecule has 10 nitrogen and oxygen atoms in total. The standard InChI is InChI=1S/C8H14N4O6/c9-12-10-1-4(14)11-5-7(16)6(15)3(2-13)18-8(5)17/h3,5-8,13,15-17H,1-2H2,(H,11,14)/t3?,5?,6-,7+,8+/m0/s1. The maximum Gasteiger partial charge on any atom is 0.226 e. The second-order valence-electron chi connectivity index (χ2n) is 3.71. The molecule has 0 bridgehead atoms. The van der Waals surface area contributed by atoms with Crippen LogP contribution in [0, 0.1) is 0 Å². The summed E-state index contributed by atoms with van der Waals surface area (Å²) >= 11 is 0. The number of aliphatic hydroxyl groups is 4. The number of rotatable bonds is 4. The fourth-order valence-corrected chi connectivity index (χ4v) is 1.58. The van der Waals surface area contributed by atoms with Crippen molar-refractivity contribution in [1.82, 2.24) is 5.32 Å². The lowest BCUT2D eigenvalue weighted by molar-refractivity contribution is -0.253. The quantitative estimate of drug-likeness (QED) is 0.208. The van der Waals surface area contributed by atoms with Gasteiger partial charge in [0.05, 0.1) is 6.61 Å². The van der Waals surface area contributed by atoms with Crippen LogP contribution in [0.15, 0.2) is 5.11 Å². The Morgan fingerprint density at radius 1 is 1.39 bits per heavy atom. The van der Waals surface area contributed by atoms with Crippen LogP contribution in [0.4, 0.5) is 0 Å². The maximum atomic E-state index is 11.2. The SMILES string of the molecule is [N-]=[N+]=NCC(=O)NC1[C@H](O)OC(CO)[C@H](O)[C@@H]1O. The highest BCUT2D eigenvalue weighted by Crippen LogP contribution is 2.19. The summed E-state index contributed by atoms with van der Waals surface area (Å²) in [5.74, 6) is -0.742. The zero-order valence-electron chi connectivity index (χ0n) is 9.25. The minimum absolute atomic E-state index is 0.508. The predicted octanol–water partition coefficient (Wildman–Crippen LogP) is -2.79. The Hall–Kier alpha value is -1.42. The van der Waals surface area contributed by atoms with E-state index in [0.717, 1.165) is 0 Å². The van der Waals surface area contributed by atoms with Crippen LogP contribution >= 0.6 is 0 Å². The van der Waals surface area contributed by atoms with E-state index in [0.29, 0.717) is 0 Å². The molecule has 0 spiro atoms. The second-order valence-corrected chi connectivity index (χ2v) is 3.71. The summed E-state index contributed by atoms with van der Waals surface area (Å²) in [6, 6.07) is -1.27. The number of ether oxygens (including phenoxy) is 1. The van der Waals surface area contributed by atoms with Crippen molar-refractivity contribution in [3.63, 3.8) is 0 Å². The third kappa shape index (κ3) is 3.29. The lowest BCUT2D eigenvalue weighted by Gasteiger charge is -2.40. The number of amides is 1. The van der Waals surface area contributed by atoms with Crippen LogP contribution in [0.5, 0.6) is 0 Å². The van der Waals surface area contributed by atoms with Gasteiger partial charge in [0, 0.05) is 4.91 Å². The van der Waals surface area contributed by atoms with Crippen LogP contribution in [0.1, 0.15) is 0 Å². The molecule has 5 atom stereocenters. The van der Waals surface area contributed by atoms with Gasteiger partial charge >= 0.3 is 0 Å². The molecule has 0 aliphatic carbocycles. The Morgan fingerprint density at radius 3 is 2.61 bits per heavy atom. The Bertz CT molecular complexity index is 346. The lowest BCUT2D eigenvalue weighted by Crippen LogP contribution is -2.64. The zero-order chi connectivity index (χ0) is 13.7. The van der Waals surface area contributed by atoms with Crippen LogP contribution in [0.2, 0.25) is 0 Å². The third-order valence-corrected chi connectivity index (χ3v) is 2.51. The fourth-order valence-electron chi connectivity index (χ4n) is 1.58. The number of aliphatic hydroxyl groups excluding tert-OH is 4. The number of carbonyl (C=O) groups is 1. The van der Waals surface area contributed by atoms with E-state index in [2.05, 4.69) is 15.3 Å². The van der Waals surface area contributed by atoms with E-state index in [-0.39, 0.29) is 0 Å². The highest BCUT2D eigenvalue weighted by molar-refractivity contribution is 5.78. The summed E-state index contributed by atoms with van der Waals surface area (Å²) in [7, 11) is 0. The van der Waals surface area contributed by atoms with Gasteiger partial charge in [-0.15, -0.1) is 0 Å². The monoisotopic (exact) mass is 262 g/mol. The van der Waals surface area contributed by atoms with Gasteiger partial charge < -0.3 is 30.5 Å². The molecule has 10 heteroatoms. The molecule has 0 aromatic carbocycles. The largest absolute Gasteiger partial charge is 0.394 e. The number of azide groups is 1. The van der Waals surface area contributed by atoms with Crippen LogP contribution in [-0.2, 0) is 9.53 Å². The Labute approximate surface area is 101 Å². The molecule has 0 saturated carbocycles. The van der Waals surface area contributed by atoms with Crippen molar-refractivity contribution >= 4 is 5.91 Å². The van der Waals surface area contributed by atoms with Gasteiger partial charge in [-0.1, -0.05) is 5.11 Å². The predicted molar refractivity (Wildman–Crippen MR) is 55.9 cm³/mol. The number of hydrogen-bond acceptors (Lipinski definition) is 7. The first-order valence-corrected chi connectivity index (χ1v) is 5.12. The molecule has 2 unspecified atom stereocenters. The fraction of sp³-hybridized carbons (Fsp3) is 0.875. The maximum absolute atomic E-state index is 11.2. The van der Waals surface area contributed by atoms with Crippen molar-refractivity contribution in [1.29, 1.82) is 0 Å². The molecule has 1 aliphatic rings. The van der Waals surface area contributed by atoms with Gasteiger partial charge in [-0.25, -0.2) is 0 Å². The van der Waals surface area contributed by atoms with Gasteiger partial charge in [0.1, 0.15) is 30.9 Å². The first-order chi connectivity index (χ1) is 8.51. The summed E-state index contributed by atoms with van der Waals surface area (Å²) in [6.45, 7) is -1.10. The summed E-state index contributed by atoms with van der Waals surface area (Å²) in [5, 5.41) is 42.7. The van der Waals surface area contributed by atoms with Crippen LogP contribution in [0.25, 0.3) is 10.4 Å². The van der Waals surface area contributed by atoms with Crippen molar-refractivity contribution in [2.45, 2.75) is 30.6 Å². The van der Waals surface area contributed by atoms with Crippen molar-refractivity contribution in [3.8, 4) is 0 Å². The van der Waals surface area contributed by atoms with E-state index < -0.39 is 49.7 Å². The topological polar surface area (TPSA) is 168 Å². The van der Waals surface area contributed by atoms with Crippen molar-refractivity contribution in [2.75, 3.05) is 13.2 Å². The molecule has 0 aromatic rings. The molecule has 1 heterocycles. The van der Waals surface area contributed by atoms with E-state index >= 15 is 0 Å². The molecule has 0 radical (unpaired) electrons. The van der Waals surface area contributed by atoms with Gasteiger partial charge in [0.2, 0.25) is 5.91 Å². The number of hydrogen-bond donors (Lipinski definition) is 5. The van der Waals surface area contributed by atoms with Crippen LogP contribution in [-0.4, -0.2) is 70.1 Å². The highest BCUT2D eigenvalue weighted by Gasteiger charge is 2.44. The van der Waals surface area contributed by atoms with E-state index in [9.17, 15) is 20.1 Å². The van der Waals surface area contributed by atoms with Gasteiger partial charge in [-0.2, -0.15) is 0 Å². The summed E-state index contributed by atoms with van der Waals surface area (Å²) in [5.41, 5.74) is 8.02. The smallest absolute Gasteiger partial charge is 0.226 e. The van der Waals surface area contributed by atoms with E-state index in [1.54, 1.807) is 0 Å². The Morgan fingerprint density at radius 2 is 2.06 bits per heavy atom. The van der Waals surface area contributed by atoms with Crippen LogP contribution < -0.4 is 5.32 Å². The van der Waals surface area contributed by atoms with E-state index in [4.69, 9.17) is 15.4 Å². The summed E-state index contributed by atoms with van der Waals surface area (Å²) in [6.07, 6.45) is -5.69. The Kier molecular flexibility index (Phi) is 5.28. The molecule has 1 fully saturated rings. The molecular formula is C8H14N4O6. The third-order valence-electron chi connectivity index (χ3n) is 2.51.